The molecule has 0 aliphatic carbocycles. The van der Waals surface area contributed by atoms with Crippen LogP contribution in [0.3, 0.4) is 0 Å². The lowest BCUT2D eigenvalue weighted by atomic mass is 10.1. The van der Waals surface area contributed by atoms with Crippen LogP contribution in [0, 0.1) is 0 Å². The fourth-order valence-corrected chi connectivity index (χ4v) is 1.98. The Labute approximate surface area is 103 Å². The van der Waals surface area contributed by atoms with Gasteiger partial charge in [0.05, 0.1) is 0 Å². The van der Waals surface area contributed by atoms with Crippen molar-refractivity contribution in [1.82, 2.24) is 9.97 Å². The van der Waals surface area contributed by atoms with E-state index in [-0.39, 0.29) is 17.0 Å². The number of hydrogen-bond donors (Lipinski definition) is 2. The van der Waals surface area contributed by atoms with Crippen LogP contribution in [0.2, 0.25) is 5.28 Å². The van der Waals surface area contributed by atoms with Crippen LogP contribution >= 0.6 is 11.6 Å². The number of aromatic nitrogens is 2. The van der Waals surface area contributed by atoms with Crippen LogP contribution in [0.15, 0.2) is 6.07 Å². The predicted octanol–water partition coefficient (Wildman–Crippen LogP) is 0.756. The Hall–Kier alpha value is -1.40. The van der Waals surface area contributed by atoms with E-state index in [9.17, 15) is 4.79 Å². The zero-order valence-corrected chi connectivity index (χ0v) is 9.89. The Bertz CT molecular complexity index is 432. The highest BCUT2D eigenvalue weighted by atomic mass is 35.5. The second-order valence-corrected chi connectivity index (χ2v) is 4.35. The first kappa shape index (κ1) is 12.1. The molecule has 7 heteroatoms. The molecule has 92 valence electrons. The van der Waals surface area contributed by atoms with Crippen molar-refractivity contribution in [3.05, 3.63) is 17.0 Å². The van der Waals surface area contributed by atoms with Gasteiger partial charge in [-0.2, -0.15) is 0 Å². The minimum Gasteiger partial charge on any atom is -0.477 e. The summed E-state index contributed by atoms with van der Waals surface area (Å²) in [6.45, 7) is 1.52. The van der Waals surface area contributed by atoms with E-state index in [4.69, 9.17) is 22.4 Å². The van der Waals surface area contributed by atoms with Crippen LogP contribution in [0.5, 0.6) is 0 Å². The highest BCUT2D eigenvalue weighted by Gasteiger charge is 2.19. The number of carbonyl (C=O) groups is 1. The molecule has 0 spiro atoms. The monoisotopic (exact) mass is 256 g/mol. The van der Waals surface area contributed by atoms with Crippen molar-refractivity contribution in [2.24, 2.45) is 5.73 Å². The molecular weight excluding hydrogens is 244 g/mol. The number of carboxylic acids is 1. The van der Waals surface area contributed by atoms with Crippen molar-refractivity contribution in [2.45, 2.75) is 18.9 Å². The van der Waals surface area contributed by atoms with Crippen LogP contribution < -0.4 is 10.6 Å². The van der Waals surface area contributed by atoms with E-state index in [1.807, 2.05) is 4.90 Å². The SMILES string of the molecule is NC1CCN(c2cc(C(=O)O)nc(Cl)n2)CC1. The zero-order chi connectivity index (χ0) is 12.4. The third-order valence-electron chi connectivity index (χ3n) is 2.77. The van der Waals surface area contributed by atoms with Crippen molar-refractivity contribution < 1.29 is 9.90 Å². The van der Waals surface area contributed by atoms with Gasteiger partial charge in [0.1, 0.15) is 5.82 Å². The van der Waals surface area contributed by atoms with Gasteiger partial charge >= 0.3 is 5.97 Å². The van der Waals surface area contributed by atoms with Gasteiger partial charge in [0.15, 0.2) is 5.69 Å². The summed E-state index contributed by atoms with van der Waals surface area (Å²) in [5, 5.41) is 8.84. The van der Waals surface area contributed by atoms with Crippen LogP contribution in [0.4, 0.5) is 5.82 Å². The summed E-state index contributed by atoms with van der Waals surface area (Å²) < 4.78 is 0. The van der Waals surface area contributed by atoms with Gasteiger partial charge in [-0.1, -0.05) is 0 Å². The van der Waals surface area contributed by atoms with Crippen molar-refractivity contribution in [1.29, 1.82) is 0 Å². The van der Waals surface area contributed by atoms with Gasteiger partial charge in [-0.05, 0) is 24.4 Å². The maximum absolute atomic E-state index is 10.9. The third kappa shape index (κ3) is 2.83. The first-order valence-corrected chi connectivity index (χ1v) is 5.72. The summed E-state index contributed by atoms with van der Waals surface area (Å²) in [6.07, 6.45) is 1.73. The van der Waals surface area contributed by atoms with Crippen molar-refractivity contribution in [3.8, 4) is 0 Å². The summed E-state index contributed by atoms with van der Waals surface area (Å²) in [7, 11) is 0. The fraction of sp³-hybridized carbons (Fsp3) is 0.500. The smallest absolute Gasteiger partial charge is 0.354 e. The maximum atomic E-state index is 10.9. The second-order valence-electron chi connectivity index (χ2n) is 4.01. The van der Waals surface area contributed by atoms with E-state index >= 15 is 0 Å². The van der Waals surface area contributed by atoms with Gasteiger partial charge in [-0.15, -0.1) is 0 Å². The molecule has 0 radical (unpaired) electrons. The molecular formula is C10H13ClN4O2. The molecule has 0 bridgehead atoms. The topological polar surface area (TPSA) is 92.3 Å². The minimum absolute atomic E-state index is 0.0465. The second kappa shape index (κ2) is 4.85. The van der Waals surface area contributed by atoms with Crippen molar-refractivity contribution in [3.63, 3.8) is 0 Å². The lowest BCUT2D eigenvalue weighted by Crippen LogP contribution is -2.40. The van der Waals surface area contributed by atoms with E-state index in [0.29, 0.717) is 5.82 Å². The molecule has 0 amide bonds. The standard InChI is InChI=1S/C10H13ClN4O2/c11-10-13-7(9(16)17)5-8(14-10)15-3-1-6(12)2-4-15/h5-6H,1-4,12H2,(H,16,17). The third-order valence-corrected chi connectivity index (χ3v) is 2.94. The lowest BCUT2D eigenvalue weighted by molar-refractivity contribution is 0.0690. The molecule has 17 heavy (non-hydrogen) atoms. The lowest BCUT2D eigenvalue weighted by Gasteiger charge is -2.31. The highest BCUT2D eigenvalue weighted by Crippen LogP contribution is 2.19. The van der Waals surface area contributed by atoms with Crippen LogP contribution in [0.1, 0.15) is 23.3 Å². The number of hydrogen-bond acceptors (Lipinski definition) is 5. The Morgan fingerprint density at radius 1 is 1.47 bits per heavy atom. The van der Waals surface area contributed by atoms with Gasteiger partial charge < -0.3 is 15.7 Å². The van der Waals surface area contributed by atoms with E-state index in [2.05, 4.69) is 9.97 Å². The number of anilines is 1. The number of carboxylic acid groups (broad SMARTS) is 1. The van der Waals surface area contributed by atoms with Crippen LogP contribution in [-0.2, 0) is 0 Å². The molecule has 0 atom stereocenters. The molecule has 1 saturated heterocycles. The molecule has 0 aromatic carbocycles. The van der Waals surface area contributed by atoms with E-state index in [0.717, 1.165) is 25.9 Å². The summed E-state index contributed by atoms with van der Waals surface area (Å²) in [5.41, 5.74) is 5.72. The number of nitrogens with two attached hydrogens (primary N) is 1. The molecule has 1 aliphatic rings. The average molecular weight is 257 g/mol. The highest BCUT2D eigenvalue weighted by molar-refractivity contribution is 6.28. The predicted molar refractivity (Wildman–Crippen MR) is 63.4 cm³/mol. The molecule has 1 aromatic rings. The summed E-state index contributed by atoms with van der Waals surface area (Å²) >= 11 is 5.71. The van der Waals surface area contributed by atoms with Gasteiger partial charge in [-0.3, -0.25) is 0 Å². The van der Waals surface area contributed by atoms with Gasteiger partial charge in [0, 0.05) is 25.2 Å². The molecule has 3 N–H and O–H groups in total. The van der Waals surface area contributed by atoms with Crippen molar-refractivity contribution >= 4 is 23.4 Å². The van der Waals surface area contributed by atoms with Gasteiger partial charge in [0.25, 0.3) is 0 Å². The normalized spacial score (nSPS) is 17.2. The van der Waals surface area contributed by atoms with Gasteiger partial charge in [0.2, 0.25) is 5.28 Å². The molecule has 0 saturated carbocycles. The summed E-state index contributed by atoms with van der Waals surface area (Å²) in [5.74, 6) is -0.557. The molecule has 2 rings (SSSR count). The Morgan fingerprint density at radius 2 is 2.12 bits per heavy atom. The van der Waals surface area contributed by atoms with Crippen LogP contribution in [0.25, 0.3) is 0 Å². The number of piperidine rings is 1. The summed E-state index contributed by atoms with van der Waals surface area (Å²) in [6, 6.07) is 1.65. The van der Waals surface area contributed by atoms with Crippen LogP contribution in [-0.4, -0.2) is 40.2 Å². The zero-order valence-electron chi connectivity index (χ0n) is 9.14. The number of aromatic carboxylic acids is 1. The largest absolute Gasteiger partial charge is 0.477 e. The quantitative estimate of drug-likeness (QED) is 0.759. The number of nitrogens with zero attached hydrogens (tertiary/aromatic N) is 3. The average Bonchev–Trinajstić information content (AvgIpc) is 2.29. The Morgan fingerprint density at radius 3 is 2.71 bits per heavy atom. The van der Waals surface area contributed by atoms with Gasteiger partial charge in [-0.25, -0.2) is 14.8 Å². The molecule has 1 aliphatic heterocycles. The molecule has 6 nitrogen and oxygen atoms in total. The summed E-state index contributed by atoms with van der Waals surface area (Å²) in [4.78, 5) is 20.5. The number of halogens is 1. The molecule has 2 heterocycles. The molecule has 1 aromatic heterocycles. The van der Waals surface area contributed by atoms with E-state index < -0.39 is 5.97 Å². The maximum Gasteiger partial charge on any atom is 0.354 e. The van der Waals surface area contributed by atoms with E-state index in [1.54, 1.807) is 0 Å². The molecule has 0 unspecified atom stereocenters. The van der Waals surface area contributed by atoms with E-state index in [1.165, 1.54) is 6.07 Å². The molecule has 1 fully saturated rings. The fourth-order valence-electron chi connectivity index (χ4n) is 1.81. The first-order valence-electron chi connectivity index (χ1n) is 5.34. The Kier molecular flexibility index (Phi) is 3.44. The first-order chi connectivity index (χ1) is 8.06. The van der Waals surface area contributed by atoms with Crippen molar-refractivity contribution in [2.75, 3.05) is 18.0 Å². The Balaban J connectivity index is 2.23. The minimum atomic E-state index is -1.11. The number of rotatable bonds is 2.